The first kappa shape index (κ1) is 18.2. The van der Waals surface area contributed by atoms with Crippen molar-refractivity contribution in [2.24, 2.45) is 0 Å². The van der Waals surface area contributed by atoms with E-state index in [2.05, 4.69) is 24.0 Å². The average molecular weight is 355 g/mol. The van der Waals surface area contributed by atoms with E-state index in [9.17, 15) is 4.79 Å². The summed E-state index contributed by atoms with van der Waals surface area (Å²) in [5, 5.41) is 4.78. The predicted molar refractivity (Wildman–Crippen MR) is 99.0 cm³/mol. The number of nitrogens with zero attached hydrogens (tertiary/aromatic N) is 3. The summed E-state index contributed by atoms with van der Waals surface area (Å²) >= 11 is 0. The highest BCUT2D eigenvalue weighted by Crippen LogP contribution is 2.32. The van der Waals surface area contributed by atoms with Gasteiger partial charge in [-0.15, -0.1) is 0 Å². The lowest BCUT2D eigenvalue weighted by Gasteiger charge is -2.13. The summed E-state index contributed by atoms with van der Waals surface area (Å²) < 4.78 is 12.6. The van der Waals surface area contributed by atoms with Gasteiger partial charge >= 0.3 is 5.97 Å². The van der Waals surface area contributed by atoms with E-state index in [1.807, 2.05) is 18.4 Å². The van der Waals surface area contributed by atoms with Crippen molar-refractivity contribution >= 4 is 11.5 Å². The molecule has 6 nitrogen and oxygen atoms in total. The molecule has 0 amide bonds. The minimum atomic E-state index is -0.132. The fourth-order valence-corrected chi connectivity index (χ4v) is 3.32. The summed E-state index contributed by atoms with van der Waals surface area (Å²) in [5.74, 6) is 0.620. The van der Waals surface area contributed by atoms with Gasteiger partial charge in [-0.1, -0.05) is 6.92 Å². The molecule has 3 rings (SSSR count). The van der Waals surface area contributed by atoms with E-state index in [1.54, 1.807) is 6.20 Å². The van der Waals surface area contributed by atoms with Gasteiger partial charge in [0, 0.05) is 17.7 Å². The number of rotatable bonds is 8. The molecule has 0 saturated carbocycles. The van der Waals surface area contributed by atoms with Gasteiger partial charge < -0.3 is 9.15 Å². The highest BCUT2D eigenvalue weighted by atomic mass is 16.5. The SMILES string of the molecule is CCOC(=O)CCCCc1c(C)nn2c(CC)ccc2c1-c1cnco1. The monoisotopic (exact) mass is 355 g/mol. The molecule has 0 radical (unpaired) electrons. The van der Waals surface area contributed by atoms with Crippen molar-refractivity contribution in [3.8, 4) is 11.3 Å². The van der Waals surface area contributed by atoms with Gasteiger partial charge in [-0.2, -0.15) is 5.10 Å². The molecule has 0 atom stereocenters. The quantitative estimate of drug-likeness (QED) is 0.449. The maximum absolute atomic E-state index is 11.5. The summed E-state index contributed by atoms with van der Waals surface area (Å²) in [7, 11) is 0. The standard InChI is InChI=1S/C20H25N3O3/c1-4-15-10-11-17-20(18-12-21-13-26-18)16(14(3)22-23(15)17)8-6-7-9-19(24)25-5-2/h10-13H,4-9H2,1-3H3. The number of hydrogen-bond donors (Lipinski definition) is 0. The van der Waals surface area contributed by atoms with Crippen LogP contribution in [0.15, 0.2) is 29.1 Å². The molecule has 0 aliphatic rings. The molecule has 0 bridgehead atoms. The Hall–Kier alpha value is -2.63. The Morgan fingerprint density at radius 2 is 2.12 bits per heavy atom. The topological polar surface area (TPSA) is 69.6 Å². The van der Waals surface area contributed by atoms with Crippen LogP contribution in [-0.2, 0) is 22.4 Å². The lowest BCUT2D eigenvalue weighted by molar-refractivity contribution is -0.143. The van der Waals surface area contributed by atoms with Crippen LogP contribution in [0.3, 0.4) is 0 Å². The number of carbonyl (C=O) groups excluding carboxylic acids is 1. The predicted octanol–water partition coefficient (Wildman–Crippen LogP) is 4.14. The first-order valence-electron chi connectivity index (χ1n) is 9.20. The van der Waals surface area contributed by atoms with Crippen LogP contribution in [0, 0.1) is 6.92 Å². The molecule has 0 spiro atoms. The van der Waals surface area contributed by atoms with E-state index in [1.165, 1.54) is 6.39 Å². The summed E-state index contributed by atoms with van der Waals surface area (Å²) in [6.45, 7) is 6.41. The van der Waals surface area contributed by atoms with Crippen LogP contribution in [0.4, 0.5) is 0 Å². The maximum Gasteiger partial charge on any atom is 0.305 e. The molecule has 138 valence electrons. The Morgan fingerprint density at radius 3 is 2.81 bits per heavy atom. The second-order valence-electron chi connectivity index (χ2n) is 6.29. The van der Waals surface area contributed by atoms with Crippen LogP contribution in [-0.4, -0.2) is 27.2 Å². The maximum atomic E-state index is 11.5. The van der Waals surface area contributed by atoms with E-state index in [0.717, 1.165) is 59.5 Å². The van der Waals surface area contributed by atoms with Crippen LogP contribution in [0.1, 0.15) is 50.1 Å². The van der Waals surface area contributed by atoms with Crippen molar-refractivity contribution in [2.75, 3.05) is 6.61 Å². The number of oxazole rings is 1. The Bertz CT molecular complexity index is 881. The van der Waals surface area contributed by atoms with Gasteiger partial charge in [0.05, 0.1) is 24.0 Å². The summed E-state index contributed by atoms with van der Waals surface area (Å²) in [6.07, 6.45) is 7.07. The number of aromatic nitrogens is 3. The first-order chi connectivity index (χ1) is 12.7. The van der Waals surface area contributed by atoms with Crippen LogP contribution in [0.5, 0.6) is 0 Å². The van der Waals surface area contributed by atoms with Crippen molar-refractivity contribution in [3.63, 3.8) is 0 Å². The molecule has 0 aromatic carbocycles. The molecule has 0 aliphatic heterocycles. The summed E-state index contributed by atoms with van der Waals surface area (Å²) in [4.78, 5) is 15.6. The van der Waals surface area contributed by atoms with Gasteiger partial charge in [-0.05, 0) is 57.2 Å². The zero-order chi connectivity index (χ0) is 18.5. The van der Waals surface area contributed by atoms with Gasteiger partial charge in [-0.3, -0.25) is 4.79 Å². The molecular weight excluding hydrogens is 330 g/mol. The van der Waals surface area contributed by atoms with E-state index in [0.29, 0.717) is 13.0 Å². The molecule has 26 heavy (non-hydrogen) atoms. The fraction of sp³-hybridized carbons (Fsp3) is 0.450. The molecule has 3 aromatic rings. The number of carbonyl (C=O) groups is 1. The van der Waals surface area contributed by atoms with Gasteiger partial charge in [-0.25, -0.2) is 9.50 Å². The Morgan fingerprint density at radius 1 is 1.27 bits per heavy atom. The molecular formula is C20H25N3O3. The molecule has 6 heteroatoms. The van der Waals surface area contributed by atoms with Crippen LogP contribution in [0.2, 0.25) is 0 Å². The third kappa shape index (κ3) is 3.64. The van der Waals surface area contributed by atoms with E-state index < -0.39 is 0 Å². The highest BCUT2D eigenvalue weighted by molar-refractivity contribution is 5.80. The minimum absolute atomic E-state index is 0.132. The van der Waals surface area contributed by atoms with Crippen LogP contribution in [0.25, 0.3) is 16.8 Å². The third-order valence-electron chi connectivity index (χ3n) is 4.58. The van der Waals surface area contributed by atoms with Gasteiger partial charge in [0.25, 0.3) is 0 Å². The van der Waals surface area contributed by atoms with Crippen molar-refractivity contribution < 1.29 is 13.9 Å². The number of unbranched alkanes of at least 4 members (excludes halogenated alkanes) is 1. The minimum Gasteiger partial charge on any atom is -0.466 e. The number of aryl methyl sites for hydroxylation is 2. The van der Waals surface area contributed by atoms with E-state index >= 15 is 0 Å². The van der Waals surface area contributed by atoms with Crippen LogP contribution >= 0.6 is 0 Å². The normalized spacial score (nSPS) is 11.2. The average Bonchev–Trinajstić information content (AvgIpc) is 3.28. The second-order valence-corrected chi connectivity index (χ2v) is 6.29. The van der Waals surface area contributed by atoms with E-state index in [-0.39, 0.29) is 5.97 Å². The van der Waals surface area contributed by atoms with Gasteiger partial charge in [0.1, 0.15) is 0 Å². The largest absolute Gasteiger partial charge is 0.466 e. The van der Waals surface area contributed by atoms with Crippen molar-refractivity contribution in [1.82, 2.24) is 14.6 Å². The Balaban J connectivity index is 1.90. The summed E-state index contributed by atoms with van der Waals surface area (Å²) in [5.41, 5.74) is 5.37. The zero-order valence-corrected chi connectivity index (χ0v) is 15.6. The van der Waals surface area contributed by atoms with E-state index in [4.69, 9.17) is 14.3 Å². The molecule has 0 N–H and O–H groups in total. The molecule has 0 saturated heterocycles. The van der Waals surface area contributed by atoms with Crippen molar-refractivity contribution in [3.05, 3.63) is 41.7 Å². The highest BCUT2D eigenvalue weighted by Gasteiger charge is 2.18. The molecule has 3 heterocycles. The zero-order valence-electron chi connectivity index (χ0n) is 15.6. The number of fused-ring (bicyclic) bond motifs is 1. The number of esters is 1. The lowest BCUT2D eigenvalue weighted by Crippen LogP contribution is -2.07. The smallest absolute Gasteiger partial charge is 0.305 e. The molecule has 0 aliphatic carbocycles. The van der Waals surface area contributed by atoms with Gasteiger partial charge in [0.2, 0.25) is 0 Å². The Labute approximate surface area is 153 Å². The summed E-state index contributed by atoms with van der Waals surface area (Å²) in [6, 6.07) is 4.19. The molecule has 0 unspecified atom stereocenters. The number of hydrogen-bond acceptors (Lipinski definition) is 5. The van der Waals surface area contributed by atoms with Crippen LogP contribution < -0.4 is 0 Å². The molecule has 0 fully saturated rings. The Kier molecular flexibility index (Phi) is 5.71. The molecule has 3 aromatic heterocycles. The van der Waals surface area contributed by atoms with Crippen molar-refractivity contribution in [1.29, 1.82) is 0 Å². The third-order valence-corrected chi connectivity index (χ3v) is 4.58. The van der Waals surface area contributed by atoms with Crippen molar-refractivity contribution in [2.45, 2.75) is 52.9 Å². The van der Waals surface area contributed by atoms with Gasteiger partial charge in [0.15, 0.2) is 12.2 Å². The lowest BCUT2D eigenvalue weighted by atomic mass is 9.98. The fourth-order valence-electron chi connectivity index (χ4n) is 3.32. The first-order valence-corrected chi connectivity index (χ1v) is 9.20. The second kappa shape index (κ2) is 8.17. The number of ether oxygens (including phenoxy) is 1.